The molecule has 4 rings (SSSR count). The van der Waals surface area contributed by atoms with Gasteiger partial charge in [0.15, 0.2) is 0 Å². The molecule has 5 atom stereocenters. The van der Waals surface area contributed by atoms with Crippen LogP contribution in [0.5, 0.6) is 5.75 Å². The van der Waals surface area contributed by atoms with Gasteiger partial charge in [0, 0.05) is 0 Å². The summed E-state index contributed by atoms with van der Waals surface area (Å²) in [6.07, 6.45) is 6.02. The predicted octanol–water partition coefficient (Wildman–Crippen LogP) is 0.379. The van der Waals surface area contributed by atoms with Crippen molar-refractivity contribution < 1.29 is 53.5 Å². The van der Waals surface area contributed by atoms with E-state index in [9.17, 15) is 9.67 Å². The topological polar surface area (TPSA) is 87.0 Å². The van der Waals surface area contributed by atoms with Crippen LogP contribution in [0, 0.1) is 17.3 Å². The molecule has 0 spiro atoms. The van der Waals surface area contributed by atoms with Crippen LogP contribution >= 0.6 is 7.82 Å². The van der Waals surface area contributed by atoms with Gasteiger partial charge in [0.2, 0.25) is 0 Å². The Balaban J connectivity index is 0.00000182. The maximum atomic E-state index is 11.0. The molecule has 0 unspecified atom stereocenters. The van der Waals surface area contributed by atoms with Crippen LogP contribution in [0.2, 0.25) is 0 Å². The third-order valence-corrected chi connectivity index (χ3v) is 7.32. The van der Waals surface area contributed by atoms with Crippen molar-refractivity contribution in [3.8, 4) is 5.75 Å². The molecule has 0 bridgehead atoms. The summed E-state index contributed by atoms with van der Waals surface area (Å²) in [6, 6.07) is 5.46. The van der Waals surface area contributed by atoms with Crippen molar-refractivity contribution in [2.24, 2.45) is 17.3 Å². The molecule has 7 heteroatoms. The molecule has 3 aliphatic carbocycles. The molecule has 0 heterocycles. The van der Waals surface area contributed by atoms with E-state index in [1.165, 1.54) is 5.56 Å². The van der Waals surface area contributed by atoms with Gasteiger partial charge in [0.05, 0.1) is 6.10 Å². The number of hydrogen-bond acceptors (Lipinski definition) is 3. The summed E-state index contributed by atoms with van der Waals surface area (Å²) >= 11 is 0. The third-order valence-electron chi connectivity index (χ3n) is 6.87. The normalized spacial score (nSPS) is 36.6. The summed E-state index contributed by atoms with van der Waals surface area (Å²) < 4.78 is 15.8. The molecule has 1 aromatic rings. The molecular formula is C18H25NaO5P+. The number of hydrogen-bond donors (Lipinski definition) is 3. The maximum Gasteiger partial charge on any atom is 1.00 e. The summed E-state index contributed by atoms with van der Waals surface area (Å²) in [5.74, 6) is 1.95. The van der Waals surface area contributed by atoms with Gasteiger partial charge in [0.1, 0.15) is 5.75 Å². The van der Waals surface area contributed by atoms with Gasteiger partial charge in [0.25, 0.3) is 0 Å². The predicted molar refractivity (Wildman–Crippen MR) is 89.7 cm³/mol. The van der Waals surface area contributed by atoms with Gasteiger partial charge < -0.3 is 9.63 Å². The molecule has 0 radical (unpaired) electrons. The van der Waals surface area contributed by atoms with Crippen molar-refractivity contribution in [2.75, 3.05) is 0 Å². The van der Waals surface area contributed by atoms with Crippen molar-refractivity contribution in [3.05, 3.63) is 29.3 Å². The van der Waals surface area contributed by atoms with E-state index in [0.717, 1.165) is 44.1 Å². The molecule has 132 valence electrons. The minimum absolute atomic E-state index is 0. The summed E-state index contributed by atoms with van der Waals surface area (Å²) in [4.78, 5) is 18.0. The molecule has 2 fully saturated rings. The Bertz CT molecular complexity index is 705. The van der Waals surface area contributed by atoms with E-state index in [0.29, 0.717) is 17.8 Å². The van der Waals surface area contributed by atoms with Crippen LogP contribution in [0.25, 0.3) is 0 Å². The van der Waals surface area contributed by atoms with E-state index in [4.69, 9.17) is 14.3 Å². The molecule has 1 aromatic carbocycles. The zero-order valence-corrected chi connectivity index (χ0v) is 17.8. The number of benzene rings is 1. The third kappa shape index (κ3) is 3.50. The summed E-state index contributed by atoms with van der Waals surface area (Å²) in [7, 11) is -4.51. The van der Waals surface area contributed by atoms with Gasteiger partial charge in [-0.25, -0.2) is 4.57 Å². The standard InChI is InChI=1S/C18H25O5P.Na/c1-18-9-8-14-13-5-3-12(23-24(20,21)22)10-11(13)2-4-15(14)16(18)6-7-17(18)19;/h3,5,10,14-17,19H,2,4,6-9H2,1H3,(H2,20,21,22);/q;+1/t14-,15-,16+,17+,18+;/m1./s1. The molecule has 2 saturated carbocycles. The second-order valence-electron chi connectivity index (χ2n) is 8.00. The smallest absolute Gasteiger partial charge is 0.404 e. The SMILES string of the molecule is C[C@]12CC[C@@H]3c4ccc(OP(=O)(O)O)cc4CC[C@H]3[C@@H]1CC[C@@H]2O.[Na+]. The molecule has 0 amide bonds. The fourth-order valence-electron chi connectivity index (χ4n) is 5.73. The van der Waals surface area contributed by atoms with E-state index in [1.807, 2.05) is 6.07 Å². The van der Waals surface area contributed by atoms with Crippen molar-refractivity contribution in [1.29, 1.82) is 0 Å². The molecule has 5 nitrogen and oxygen atoms in total. The Hall–Kier alpha value is 0.130. The largest absolute Gasteiger partial charge is 1.00 e. The number of phosphoric ester groups is 1. The zero-order chi connectivity index (χ0) is 17.1. The first-order valence-electron chi connectivity index (χ1n) is 8.84. The van der Waals surface area contributed by atoms with Gasteiger partial charge in [-0.05, 0) is 85.0 Å². The summed E-state index contributed by atoms with van der Waals surface area (Å²) in [5.41, 5.74) is 2.54. The summed E-state index contributed by atoms with van der Waals surface area (Å²) in [6.45, 7) is 2.26. The van der Waals surface area contributed by atoms with Crippen LogP contribution in [0.3, 0.4) is 0 Å². The first kappa shape index (κ1) is 19.9. The molecule has 3 aliphatic rings. The monoisotopic (exact) mass is 375 g/mol. The fraction of sp³-hybridized carbons (Fsp3) is 0.667. The van der Waals surface area contributed by atoms with Crippen LogP contribution in [0.4, 0.5) is 0 Å². The number of fused-ring (bicyclic) bond motifs is 5. The van der Waals surface area contributed by atoms with Gasteiger partial charge in [-0.2, -0.15) is 0 Å². The first-order chi connectivity index (χ1) is 11.3. The number of aryl methyl sites for hydroxylation is 1. The van der Waals surface area contributed by atoms with Gasteiger partial charge in [-0.15, -0.1) is 0 Å². The van der Waals surface area contributed by atoms with E-state index in [2.05, 4.69) is 6.92 Å². The molecule has 0 saturated heterocycles. The van der Waals surface area contributed by atoms with Crippen LogP contribution in [0.1, 0.15) is 56.1 Å². The van der Waals surface area contributed by atoms with Crippen LogP contribution in [-0.2, 0) is 11.0 Å². The van der Waals surface area contributed by atoms with Crippen molar-refractivity contribution >= 4 is 7.82 Å². The Kier molecular flexibility index (Phi) is 5.52. The quantitative estimate of drug-likeness (QED) is 0.514. The average Bonchev–Trinajstić information content (AvgIpc) is 2.81. The Morgan fingerprint density at radius 1 is 1.20 bits per heavy atom. The Morgan fingerprint density at radius 2 is 1.96 bits per heavy atom. The Labute approximate surface area is 170 Å². The van der Waals surface area contributed by atoms with Gasteiger partial charge >= 0.3 is 37.4 Å². The van der Waals surface area contributed by atoms with E-state index in [1.54, 1.807) is 12.1 Å². The second kappa shape index (κ2) is 6.94. The fourth-order valence-corrected chi connectivity index (χ4v) is 6.11. The van der Waals surface area contributed by atoms with E-state index in [-0.39, 0.29) is 46.8 Å². The Morgan fingerprint density at radius 3 is 2.68 bits per heavy atom. The van der Waals surface area contributed by atoms with Crippen molar-refractivity contribution in [1.82, 2.24) is 0 Å². The van der Waals surface area contributed by atoms with Crippen molar-refractivity contribution in [2.45, 2.75) is 57.5 Å². The van der Waals surface area contributed by atoms with Gasteiger partial charge in [-0.3, -0.25) is 9.79 Å². The second-order valence-corrected chi connectivity index (χ2v) is 9.16. The first-order valence-corrected chi connectivity index (χ1v) is 10.4. The number of rotatable bonds is 2. The minimum atomic E-state index is -4.51. The molecular weight excluding hydrogens is 350 g/mol. The maximum absolute atomic E-state index is 11.0. The van der Waals surface area contributed by atoms with Crippen molar-refractivity contribution in [3.63, 3.8) is 0 Å². The van der Waals surface area contributed by atoms with Crippen LogP contribution in [-0.4, -0.2) is 21.0 Å². The van der Waals surface area contributed by atoms with E-state index < -0.39 is 7.82 Å². The average molecular weight is 375 g/mol. The number of aliphatic hydroxyl groups excluding tert-OH is 1. The van der Waals surface area contributed by atoms with Crippen LogP contribution < -0.4 is 34.1 Å². The molecule has 3 N–H and O–H groups in total. The van der Waals surface area contributed by atoms with Crippen LogP contribution in [0.15, 0.2) is 18.2 Å². The van der Waals surface area contributed by atoms with E-state index >= 15 is 0 Å². The van der Waals surface area contributed by atoms with Gasteiger partial charge in [-0.1, -0.05) is 13.0 Å². The number of phosphoric acid groups is 1. The molecule has 0 aliphatic heterocycles. The molecule has 25 heavy (non-hydrogen) atoms. The number of aliphatic hydroxyl groups is 1. The zero-order valence-electron chi connectivity index (χ0n) is 14.9. The minimum Gasteiger partial charge on any atom is -0.404 e. The summed E-state index contributed by atoms with van der Waals surface area (Å²) in [5, 5.41) is 10.4. The molecule has 0 aromatic heterocycles.